The summed E-state index contributed by atoms with van der Waals surface area (Å²) in [6.45, 7) is 3.51. The molecule has 0 atom stereocenters. The standard InChI is InChI=1S/C18H29N3/c19-16-10-9-15(13-21-11-5-2-6-12-21)17(18(16)20)14-7-3-1-4-8-14/h9-10,14H,1-8,11-13,19-20H2. The highest BCUT2D eigenvalue weighted by atomic mass is 15.1. The van der Waals surface area contributed by atoms with Crippen LogP contribution in [-0.4, -0.2) is 18.0 Å². The third kappa shape index (κ3) is 3.34. The molecule has 1 heterocycles. The summed E-state index contributed by atoms with van der Waals surface area (Å²) in [6, 6.07) is 4.23. The predicted molar refractivity (Wildman–Crippen MR) is 90.2 cm³/mol. The molecule has 0 bridgehead atoms. The maximum absolute atomic E-state index is 6.38. The van der Waals surface area contributed by atoms with Gasteiger partial charge >= 0.3 is 0 Å². The van der Waals surface area contributed by atoms with Crippen LogP contribution in [0.25, 0.3) is 0 Å². The van der Waals surface area contributed by atoms with Crippen LogP contribution in [0.2, 0.25) is 0 Å². The van der Waals surface area contributed by atoms with E-state index in [1.165, 1.54) is 75.6 Å². The number of nitrogens with two attached hydrogens (primary N) is 2. The third-order valence-corrected chi connectivity index (χ3v) is 5.27. The summed E-state index contributed by atoms with van der Waals surface area (Å²) in [5, 5.41) is 0. The Labute approximate surface area is 128 Å². The topological polar surface area (TPSA) is 55.3 Å². The maximum atomic E-state index is 6.38. The first-order valence-corrected chi connectivity index (χ1v) is 8.65. The Morgan fingerprint density at radius 2 is 1.57 bits per heavy atom. The molecule has 0 amide bonds. The highest BCUT2D eigenvalue weighted by Crippen LogP contribution is 2.40. The number of hydrogen-bond donors (Lipinski definition) is 2. The fourth-order valence-corrected chi connectivity index (χ4v) is 4.07. The first-order valence-electron chi connectivity index (χ1n) is 8.65. The van der Waals surface area contributed by atoms with Crippen LogP contribution in [0.4, 0.5) is 11.4 Å². The molecular weight excluding hydrogens is 258 g/mol. The minimum Gasteiger partial charge on any atom is -0.397 e. The fraction of sp³-hybridized carbons (Fsp3) is 0.667. The van der Waals surface area contributed by atoms with E-state index in [0.29, 0.717) is 5.92 Å². The Bertz CT molecular complexity index is 472. The summed E-state index contributed by atoms with van der Waals surface area (Å²) in [5.74, 6) is 0.627. The van der Waals surface area contributed by atoms with Crippen LogP contribution in [0.1, 0.15) is 68.4 Å². The SMILES string of the molecule is Nc1ccc(CN2CCCCC2)c(C2CCCCC2)c1N. The molecule has 1 saturated heterocycles. The molecule has 116 valence electrons. The van der Waals surface area contributed by atoms with E-state index in [2.05, 4.69) is 11.0 Å². The Morgan fingerprint density at radius 3 is 2.29 bits per heavy atom. The van der Waals surface area contributed by atoms with Gasteiger partial charge in [0.25, 0.3) is 0 Å². The van der Waals surface area contributed by atoms with Gasteiger partial charge in [-0.25, -0.2) is 0 Å². The molecular formula is C18H29N3. The lowest BCUT2D eigenvalue weighted by Crippen LogP contribution is -2.30. The number of nitrogens with zero attached hydrogens (tertiary/aromatic N) is 1. The summed E-state index contributed by atoms with van der Waals surface area (Å²) in [6.07, 6.45) is 10.7. The van der Waals surface area contributed by atoms with Crippen LogP contribution in [0.5, 0.6) is 0 Å². The van der Waals surface area contributed by atoms with Crippen molar-refractivity contribution in [2.45, 2.75) is 63.8 Å². The second-order valence-electron chi connectivity index (χ2n) is 6.81. The van der Waals surface area contributed by atoms with Crippen molar-refractivity contribution in [1.29, 1.82) is 0 Å². The zero-order valence-corrected chi connectivity index (χ0v) is 13.1. The molecule has 3 nitrogen and oxygen atoms in total. The summed E-state index contributed by atoms with van der Waals surface area (Å²) in [7, 11) is 0. The molecule has 1 aromatic rings. The normalized spacial score (nSPS) is 21.5. The maximum Gasteiger partial charge on any atom is 0.0586 e. The van der Waals surface area contributed by atoms with Crippen molar-refractivity contribution in [3.05, 3.63) is 23.3 Å². The largest absolute Gasteiger partial charge is 0.397 e. The lowest BCUT2D eigenvalue weighted by atomic mass is 9.81. The molecule has 2 aliphatic rings. The summed E-state index contributed by atoms with van der Waals surface area (Å²) in [4.78, 5) is 2.58. The van der Waals surface area contributed by atoms with Crippen LogP contribution >= 0.6 is 0 Å². The average molecular weight is 287 g/mol. The first-order chi connectivity index (χ1) is 10.3. The number of benzene rings is 1. The molecule has 0 radical (unpaired) electrons. The number of nitrogen functional groups attached to an aromatic ring is 2. The smallest absolute Gasteiger partial charge is 0.0586 e. The summed E-state index contributed by atoms with van der Waals surface area (Å²) in [5.41, 5.74) is 16.9. The van der Waals surface area contributed by atoms with E-state index in [4.69, 9.17) is 11.5 Å². The summed E-state index contributed by atoms with van der Waals surface area (Å²) < 4.78 is 0. The van der Waals surface area contributed by atoms with Crippen molar-refractivity contribution >= 4 is 11.4 Å². The predicted octanol–water partition coefficient (Wildman–Crippen LogP) is 3.88. The second kappa shape index (κ2) is 6.69. The number of hydrogen-bond acceptors (Lipinski definition) is 3. The third-order valence-electron chi connectivity index (χ3n) is 5.27. The first kappa shape index (κ1) is 14.7. The number of likely N-dealkylation sites (tertiary alicyclic amines) is 1. The monoisotopic (exact) mass is 287 g/mol. The lowest BCUT2D eigenvalue weighted by Gasteiger charge is -2.31. The van der Waals surface area contributed by atoms with E-state index in [1.54, 1.807) is 0 Å². The second-order valence-corrected chi connectivity index (χ2v) is 6.81. The van der Waals surface area contributed by atoms with Gasteiger partial charge < -0.3 is 11.5 Å². The van der Waals surface area contributed by atoms with E-state index >= 15 is 0 Å². The van der Waals surface area contributed by atoms with Gasteiger partial charge in [-0.2, -0.15) is 0 Å². The van der Waals surface area contributed by atoms with E-state index in [1.807, 2.05) is 6.07 Å². The van der Waals surface area contributed by atoms with Gasteiger partial charge in [-0.1, -0.05) is 31.7 Å². The van der Waals surface area contributed by atoms with Gasteiger partial charge in [0, 0.05) is 6.54 Å². The van der Waals surface area contributed by atoms with Crippen molar-refractivity contribution in [1.82, 2.24) is 4.90 Å². The van der Waals surface area contributed by atoms with Crippen LogP contribution in [0.15, 0.2) is 12.1 Å². The molecule has 0 spiro atoms. The molecule has 0 aromatic heterocycles. The number of piperidine rings is 1. The van der Waals surface area contributed by atoms with Crippen LogP contribution < -0.4 is 11.5 Å². The Morgan fingerprint density at radius 1 is 0.905 bits per heavy atom. The number of rotatable bonds is 3. The minimum absolute atomic E-state index is 0.627. The quantitative estimate of drug-likeness (QED) is 0.829. The van der Waals surface area contributed by atoms with Crippen molar-refractivity contribution in [3.8, 4) is 0 Å². The van der Waals surface area contributed by atoms with Gasteiger partial charge in [-0.05, 0) is 61.9 Å². The Hall–Kier alpha value is -1.22. The summed E-state index contributed by atoms with van der Waals surface area (Å²) >= 11 is 0. The number of anilines is 2. The van der Waals surface area contributed by atoms with Gasteiger partial charge in [-0.15, -0.1) is 0 Å². The molecule has 0 unspecified atom stereocenters. The molecule has 1 aromatic carbocycles. The Kier molecular flexibility index (Phi) is 4.69. The van der Waals surface area contributed by atoms with Gasteiger partial charge in [0.2, 0.25) is 0 Å². The molecule has 1 saturated carbocycles. The molecule has 21 heavy (non-hydrogen) atoms. The van der Waals surface area contributed by atoms with Gasteiger partial charge in [0.05, 0.1) is 11.4 Å². The van der Waals surface area contributed by atoms with E-state index in [-0.39, 0.29) is 0 Å². The van der Waals surface area contributed by atoms with Crippen molar-refractivity contribution < 1.29 is 0 Å². The van der Waals surface area contributed by atoms with Crippen LogP contribution in [-0.2, 0) is 6.54 Å². The zero-order chi connectivity index (χ0) is 14.7. The molecule has 3 heteroatoms. The molecule has 1 aliphatic heterocycles. The highest BCUT2D eigenvalue weighted by Gasteiger charge is 2.23. The lowest BCUT2D eigenvalue weighted by molar-refractivity contribution is 0.220. The molecule has 4 N–H and O–H groups in total. The van der Waals surface area contributed by atoms with Crippen molar-refractivity contribution in [2.75, 3.05) is 24.6 Å². The molecule has 1 aliphatic carbocycles. The van der Waals surface area contributed by atoms with Gasteiger partial charge in [0.1, 0.15) is 0 Å². The van der Waals surface area contributed by atoms with Gasteiger partial charge in [-0.3, -0.25) is 4.90 Å². The van der Waals surface area contributed by atoms with Crippen molar-refractivity contribution in [2.24, 2.45) is 0 Å². The average Bonchev–Trinajstić information content (AvgIpc) is 2.53. The molecule has 3 rings (SSSR count). The fourth-order valence-electron chi connectivity index (χ4n) is 4.07. The minimum atomic E-state index is 0.627. The zero-order valence-electron chi connectivity index (χ0n) is 13.1. The van der Waals surface area contributed by atoms with E-state index in [9.17, 15) is 0 Å². The van der Waals surface area contributed by atoms with Crippen LogP contribution in [0, 0.1) is 0 Å². The van der Waals surface area contributed by atoms with Crippen molar-refractivity contribution in [3.63, 3.8) is 0 Å². The van der Waals surface area contributed by atoms with E-state index in [0.717, 1.165) is 17.9 Å². The van der Waals surface area contributed by atoms with Gasteiger partial charge in [0.15, 0.2) is 0 Å². The Balaban J connectivity index is 1.85. The van der Waals surface area contributed by atoms with E-state index < -0.39 is 0 Å². The molecule has 2 fully saturated rings. The highest BCUT2D eigenvalue weighted by molar-refractivity contribution is 5.70. The van der Waals surface area contributed by atoms with Crippen LogP contribution in [0.3, 0.4) is 0 Å².